The molecule has 0 spiro atoms. The molecule has 0 bridgehead atoms. The average Bonchev–Trinajstić information content (AvgIpc) is 2.77. The maximum Gasteiger partial charge on any atom is 0.285 e. The summed E-state index contributed by atoms with van der Waals surface area (Å²) in [5, 5.41) is 33.2. The first kappa shape index (κ1) is 14.9. The van der Waals surface area contributed by atoms with E-state index in [-0.39, 0.29) is 5.69 Å². The van der Waals surface area contributed by atoms with E-state index in [2.05, 4.69) is 10.0 Å². The Morgan fingerprint density at radius 2 is 2.29 bits per heavy atom. The predicted octanol–water partition coefficient (Wildman–Crippen LogP) is -0.314. The summed E-state index contributed by atoms with van der Waals surface area (Å²) >= 11 is 0. The molecule has 0 saturated carbocycles. The minimum absolute atomic E-state index is 0.363. The van der Waals surface area contributed by atoms with Crippen LogP contribution < -0.4 is 5.56 Å². The molecule has 21 heavy (non-hydrogen) atoms. The lowest BCUT2D eigenvalue weighted by Gasteiger charge is -2.17. The minimum atomic E-state index is -1.42. The van der Waals surface area contributed by atoms with Crippen LogP contribution in [0.1, 0.15) is 6.23 Å². The molecule has 0 radical (unpaired) electrons. The van der Waals surface area contributed by atoms with Crippen molar-refractivity contribution in [2.45, 2.75) is 24.5 Å². The molecule has 2 heterocycles. The fourth-order valence-corrected chi connectivity index (χ4v) is 2.11. The van der Waals surface area contributed by atoms with E-state index in [0.29, 0.717) is 0 Å². The third kappa shape index (κ3) is 2.71. The largest absolute Gasteiger partial charge is 0.394 e. The monoisotopic (exact) mass is 297 g/mol. The zero-order chi connectivity index (χ0) is 15.6. The second-order valence-electron chi connectivity index (χ2n) is 4.32. The van der Waals surface area contributed by atoms with Gasteiger partial charge in [0, 0.05) is 17.0 Å². The summed E-state index contributed by atoms with van der Waals surface area (Å²) in [6, 6.07) is 0.883. The Balaban J connectivity index is 2.43. The third-order valence-electron chi connectivity index (χ3n) is 3.11. The lowest BCUT2D eigenvalue weighted by molar-refractivity contribution is -0.385. The molecule has 4 atom stereocenters. The van der Waals surface area contributed by atoms with Gasteiger partial charge in [0.1, 0.15) is 6.10 Å². The maximum absolute atomic E-state index is 11.8. The number of pyridine rings is 1. The lowest BCUT2D eigenvalue weighted by atomic mass is 10.1. The number of aliphatic hydroxyl groups excluding tert-OH is 2. The summed E-state index contributed by atoms with van der Waals surface area (Å²) in [4.78, 5) is 24.3. The van der Waals surface area contributed by atoms with Crippen LogP contribution >= 0.6 is 0 Å². The van der Waals surface area contributed by atoms with Crippen molar-refractivity contribution in [2.24, 2.45) is 5.11 Å². The van der Waals surface area contributed by atoms with E-state index in [4.69, 9.17) is 15.4 Å². The van der Waals surface area contributed by atoms with E-state index in [0.717, 1.165) is 22.9 Å². The summed E-state index contributed by atoms with van der Waals surface area (Å²) in [7, 11) is 0. The molecule has 4 unspecified atom stereocenters. The lowest BCUT2D eigenvalue weighted by Crippen LogP contribution is -2.34. The number of azide groups is 1. The number of aromatic nitrogens is 1. The molecule has 1 aromatic heterocycles. The molecule has 1 fully saturated rings. The molecule has 1 aromatic rings. The van der Waals surface area contributed by atoms with Gasteiger partial charge >= 0.3 is 0 Å². The molecule has 11 heteroatoms. The Bertz CT molecular complexity index is 654. The third-order valence-corrected chi connectivity index (χ3v) is 3.11. The van der Waals surface area contributed by atoms with E-state index >= 15 is 0 Å². The van der Waals surface area contributed by atoms with Gasteiger partial charge < -0.3 is 14.9 Å². The molecule has 1 aliphatic heterocycles. The van der Waals surface area contributed by atoms with Crippen molar-refractivity contribution in [3.63, 3.8) is 0 Å². The van der Waals surface area contributed by atoms with Gasteiger partial charge in [0.15, 0.2) is 6.23 Å². The number of ether oxygens (including phenoxy) is 1. The van der Waals surface area contributed by atoms with Gasteiger partial charge in [0.25, 0.3) is 11.2 Å². The molecular formula is C10H11N5O6. The van der Waals surface area contributed by atoms with Crippen LogP contribution in [0.25, 0.3) is 10.4 Å². The van der Waals surface area contributed by atoms with Crippen molar-refractivity contribution in [3.8, 4) is 0 Å². The van der Waals surface area contributed by atoms with E-state index in [1.54, 1.807) is 0 Å². The Hall–Kier alpha value is -2.46. The highest BCUT2D eigenvalue weighted by molar-refractivity contribution is 5.25. The van der Waals surface area contributed by atoms with Gasteiger partial charge in [-0.3, -0.25) is 19.5 Å². The van der Waals surface area contributed by atoms with Crippen molar-refractivity contribution in [1.29, 1.82) is 0 Å². The topological polar surface area (TPSA) is 164 Å². The normalized spacial score (nSPS) is 28.1. The SMILES string of the molecule is [N-]=[N+]=NC1C(CO)OC(n2cc([N+](=O)[O-])ccc2=O)C1O. The van der Waals surface area contributed by atoms with Crippen LogP contribution in [-0.2, 0) is 4.74 Å². The molecule has 2 N–H and O–H groups in total. The molecular weight excluding hydrogens is 286 g/mol. The molecule has 0 amide bonds. The first-order valence-electron chi connectivity index (χ1n) is 5.84. The van der Waals surface area contributed by atoms with Gasteiger partial charge in [-0.15, -0.1) is 0 Å². The van der Waals surface area contributed by atoms with Crippen LogP contribution in [0.3, 0.4) is 0 Å². The number of nitrogens with zero attached hydrogens (tertiary/aromatic N) is 5. The summed E-state index contributed by atoms with van der Waals surface area (Å²) < 4.78 is 6.10. The number of aliphatic hydroxyl groups is 2. The van der Waals surface area contributed by atoms with E-state index in [9.17, 15) is 20.0 Å². The zero-order valence-electron chi connectivity index (χ0n) is 10.5. The number of nitro groups is 1. The van der Waals surface area contributed by atoms with Crippen molar-refractivity contribution in [2.75, 3.05) is 6.61 Å². The second kappa shape index (κ2) is 5.89. The highest BCUT2D eigenvalue weighted by Gasteiger charge is 2.44. The smallest absolute Gasteiger partial charge is 0.285 e. The predicted molar refractivity (Wildman–Crippen MR) is 67.3 cm³/mol. The standard InChI is InChI=1S/C10H11N5O6/c11-13-12-8-6(4-16)21-10(9(8)18)14-3-5(15(19)20)1-2-7(14)17/h1-3,6,8-10,16,18H,4H2. The van der Waals surface area contributed by atoms with Crippen LogP contribution in [0.5, 0.6) is 0 Å². The van der Waals surface area contributed by atoms with Crippen molar-refractivity contribution in [1.82, 2.24) is 4.57 Å². The zero-order valence-corrected chi connectivity index (χ0v) is 10.5. The van der Waals surface area contributed by atoms with Gasteiger partial charge in [0.2, 0.25) is 0 Å². The highest BCUT2D eigenvalue weighted by Crippen LogP contribution is 2.31. The Labute approximate surface area is 116 Å². The number of rotatable bonds is 4. The van der Waals surface area contributed by atoms with Crippen molar-refractivity contribution >= 4 is 5.69 Å². The highest BCUT2D eigenvalue weighted by atomic mass is 16.6. The van der Waals surface area contributed by atoms with Gasteiger partial charge in [-0.25, -0.2) is 0 Å². The van der Waals surface area contributed by atoms with Crippen LogP contribution in [0.4, 0.5) is 5.69 Å². The first-order chi connectivity index (χ1) is 9.99. The average molecular weight is 297 g/mol. The molecule has 1 saturated heterocycles. The second-order valence-corrected chi connectivity index (χ2v) is 4.32. The number of hydrogen-bond acceptors (Lipinski definition) is 7. The molecule has 2 rings (SSSR count). The van der Waals surface area contributed by atoms with Crippen LogP contribution in [0, 0.1) is 10.1 Å². The fourth-order valence-electron chi connectivity index (χ4n) is 2.11. The van der Waals surface area contributed by atoms with Gasteiger partial charge in [-0.1, -0.05) is 5.11 Å². The van der Waals surface area contributed by atoms with Gasteiger partial charge in [-0.2, -0.15) is 0 Å². The molecule has 0 aliphatic carbocycles. The molecule has 112 valence electrons. The minimum Gasteiger partial charge on any atom is -0.394 e. The van der Waals surface area contributed by atoms with Crippen LogP contribution in [-0.4, -0.2) is 44.6 Å². The van der Waals surface area contributed by atoms with Gasteiger partial charge in [-0.05, 0) is 5.53 Å². The number of hydrogen-bond donors (Lipinski definition) is 2. The summed E-state index contributed by atoms with van der Waals surface area (Å²) in [5.74, 6) is 0. The van der Waals surface area contributed by atoms with Crippen LogP contribution in [0.2, 0.25) is 0 Å². The van der Waals surface area contributed by atoms with Crippen molar-refractivity contribution in [3.05, 3.63) is 49.2 Å². The van der Waals surface area contributed by atoms with Crippen molar-refractivity contribution < 1.29 is 19.9 Å². The van der Waals surface area contributed by atoms with E-state index in [1.165, 1.54) is 0 Å². The maximum atomic E-state index is 11.8. The summed E-state index contributed by atoms with van der Waals surface area (Å²) in [6.07, 6.45) is -2.79. The Morgan fingerprint density at radius 3 is 2.86 bits per heavy atom. The summed E-state index contributed by atoms with van der Waals surface area (Å²) in [6.45, 7) is -0.541. The quantitative estimate of drug-likeness (QED) is 0.254. The Morgan fingerprint density at radius 1 is 1.57 bits per heavy atom. The molecule has 1 aliphatic rings. The first-order valence-corrected chi connectivity index (χ1v) is 5.84. The van der Waals surface area contributed by atoms with Gasteiger partial charge in [0.05, 0.1) is 29.9 Å². The fraction of sp³-hybridized carbons (Fsp3) is 0.500. The summed E-state index contributed by atoms with van der Waals surface area (Å²) in [5.41, 5.74) is 7.44. The van der Waals surface area contributed by atoms with E-state index < -0.39 is 41.6 Å². The molecule has 11 nitrogen and oxygen atoms in total. The Kier molecular flexibility index (Phi) is 4.19. The van der Waals surface area contributed by atoms with E-state index in [1.807, 2.05) is 0 Å². The molecule has 0 aromatic carbocycles. The van der Waals surface area contributed by atoms with Crippen LogP contribution in [0.15, 0.2) is 28.2 Å².